The van der Waals surface area contributed by atoms with E-state index in [1.165, 1.54) is 24.1 Å². The third-order valence-electron chi connectivity index (χ3n) is 5.62. The largest absolute Gasteiger partial charge is 0.366 e. The summed E-state index contributed by atoms with van der Waals surface area (Å²) in [5.74, 6) is 0.768. The van der Waals surface area contributed by atoms with Crippen molar-refractivity contribution < 1.29 is 4.79 Å². The molecule has 2 heterocycles. The predicted octanol–water partition coefficient (Wildman–Crippen LogP) is 3.53. The van der Waals surface area contributed by atoms with Gasteiger partial charge in [0.2, 0.25) is 0 Å². The van der Waals surface area contributed by atoms with Crippen LogP contribution in [0.25, 0.3) is 0 Å². The fourth-order valence-corrected chi connectivity index (χ4v) is 4.07. The van der Waals surface area contributed by atoms with Crippen molar-refractivity contribution in [3.8, 4) is 0 Å². The summed E-state index contributed by atoms with van der Waals surface area (Å²) < 4.78 is 2.19. The van der Waals surface area contributed by atoms with Crippen molar-refractivity contribution in [2.45, 2.75) is 65.3 Å². The van der Waals surface area contributed by atoms with Gasteiger partial charge in [-0.05, 0) is 75.0 Å². The van der Waals surface area contributed by atoms with Crippen molar-refractivity contribution in [1.82, 2.24) is 14.8 Å². The maximum Gasteiger partial charge on any atom is 0.250 e. The average Bonchev–Trinajstić information content (AvgIpc) is 2.95. The van der Waals surface area contributed by atoms with E-state index in [4.69, 9.17) is 5.73 Å². The van der Waals surface area contributed by atoms with E-state index in [-0.39, 0.29) is 5.91 Å². The second-order valence-electron chi connectivity index (χ2n) is 7.29. The van der Waals surface area contributed by atoms with E-state index in [0.717, 1.165) is 31.4 Å². The van der Waals surface area contributed by atoms with Crippen molar-refractivity contribution in [2.75, 3.05) is 0 Å². The van der Waals surface area contributed by atoms with Crippen LogP contribution in [0.1, 0.15) is 71.4 Å². The van der Waals surface area contributed by atoms with Crippen LogP contribution in [-0.4, -0.2) is 20.7 Å². The van der Waals surface area contributed by atoms with Crippen LogP contribution >= 0.6 is 0 Å². The molecular formula is C20H28N4O. The molecule has 5 nitrogen and oxygen atoms in total. The van der Waals surface area contributed by atoms with Crippen molar-refractivity contribution in [3.63, 3.8) is 0 Å². The smallest absolute Gasteiger partial charge is 0.250 e. The Hall–Kier alpha value is -2.17. The number of aryl methyl sites for hydroxylation is 2. The fraction of sp³-hybridized carbons (Fsp3) is 0.550. The highest BCUT2D eigenvalue weighted by Crippen LogP contribution is 2.36. The third kappa shape index (κ3) is 3.75. The van der Waals surface area contributed by atoms with Gasteiger partial charge in [-0.25, -0.2) is 0 Å². The van der Waals surface area contributed by atoms with Gasteiger partial charge in [0, 0.05) is 24.1 Å². The van der Waals surface area contributed by atoms with E-state index in [1.54, 1.807) is 0 Å². The van der Waals surface area contributed by atoms with Crippen molar-refractivity contribution in [1.29, 1.82) is 0 Å². The summed E-state index contributed by atoms with van der Waals surface area (Å²) in [7, 11) is 0. The lowest BCUT2D eigenvalue weighted by Gasteiger charge is -2.29. The predicted molar refractivity (Wildman–Crippen MR) is 98.5 cm³/mol. The summed E-state index contributed by atoms with van der Waals surface area (Å²) >= 11 is 0. The highest BCUT2D eigenvalue weighted by molar-refractivity contribution is 5.93. The van der Waals surface area contributed by atoms with Gasteiger partial charge in [-0.15, -0.1) is 0 Å². The number of aromatic nitrogens is 3. The summed E-state index contributed by atoms with van der Waals surface area (Å²) in [5.41, 5.74) is 10.5. The van der Waals surface area contributed by atoms with Gasteiger partial charge in [0.15, 0.2) is 0 Å². The van der Waals surface area contributed by atoms with Crippen LogP contribution in [0.15, 0.2) is 18.5 Å². The van der Waals surface area contributed by atoms with Crippen LogP contribution in [0, 0.1) is 19.8 Å². The molecule has 134 valence electrons. The molecular weight excluding hydrogens is 312 g/mol. The van der Waals surface area contributed by atoms with E-state index < -0.39 is 0 Å². The maximum atomic E-state index is 11.5. The van der Waals surface area contributed by atoms with Crippen molar-refractivity contribution in [2.24, 2.45) is 11.7 Å². The van der Waals surface area contributed by atoms with Crippen molar-refractivity contribution in [3.05, 3.63) is 46.5 Å². The van der Waals surface area contributed by atoms with Gasteiger partial charge in [0.05, 0.1) is 11.8 Å². The van der Waals surface area contributed by atoms with Crippen LogP contribution in [0.3, 0.4) is 0 Å². The second-order valence-corrected chi connectivity index (χ2v) is 7.29. The quantitative estimate of drug-likeness (QED) is 0.905. The second kappa shape index (κ2) is 7.38. The number of hydrogen-bond acceptors (Lipinski definition) is 3. The fourth-order valence-electron chi connectivity index (χ4n) is 4.07. The summed E-state index contributed by atoms with van der Waals surface area (Å²) in [6.07, 6.45) is 9.57. The minimum Gasteiger partial charge on any atom is -0.366 e. The Morgan fingerprint density at radius 1 is 1.24 bits per heavy atom. The molecule has 1 aliphatic rings. The van der Waals surface area contributed by atoms with Gasteiger partial charge in [-0.3, -0.25) is 14.5 Å². The molecule has 1 aliphatic carbocycles. The highest BCUT2D eigenvalue weighted by Gasteiger charge is 2.24. The summed E-state index contributed by atoms with van der Waals surface area (Å²) in [6, 6.07) is 1.95. The van der Waals surface area contributed by atoms with Gasteiger partial charge in [0.1, 0.15) is 0 Å². The molecule has 2 aromatic heterocycles. The number of amides is 1. The topological polar surface area (TPSA) is 73.8 Å². The number of pyridine rings is 1. The number of carbonyl (C=O) groups excluding carboxylic acids is 1. The lowest BCUT2D eigenvalue weighted by Crippen LogP contribution is -2.21. The molecule has 0 aliphatic heterocycles. The molecule has 25 heavy (non-hydrogen) atoms. The van der Waals surface area contributed by atoms with E-state index in [1.807, 2.05) is 25.4 Å². The molecule has 0 saturated heterocycles. The molecule has 0 bridgehead atoms. The number of carbonyl (C=O) groups is 1. The number of primary amides is 1. The van der Waals surface area contributed by atoms with Gasteiger partial charge in [0.25, 0.3) is 5.91 Å². The van der Waals surface area contributed by atoms with Gasteiger partial charge in [-0.2, -0.15) is 5.10 Å². The minimum atomic E-state index is -0.387. The SMILES string of the molecule is CCc1c(C)cnn1C[C@H]1CC[C@H](c2cnc(C)c(C(N)=O)c2)CC1. The minimum absolute atomic E-state index is 0.387. The average molecular weight is 340 g/mol. The van der Waals surface area contributed by atoms with Crippen LogP contribution in [-0.2, 0) is 13.0 Å². The number of hydrogen-bond donors (Lipinski definition) is 1. The molecule has 2 aromatic rings. The Bertz CT molecular complexity index is 757. The molecule has 3 rings (SSSR count). The number of rotatable bonds is 5. The lowest BCUT2D eigenvalue weighted by atomic mass is 9.78. The Kier molecular flexibility index (Phi) is 5.21. The first-order valence-corrected chi connectivity index (χ1v) is 9.27. The van der Waals surface area contributed by atoms with E-state index in [9.17, 15) is 4.79 Å². The first-order chi connectivity index (χ1) is 12.0. The van der Waals surface area contributed by atoms with Gasteiger partial charge < -0.3 is 5.73 Å². The molecule has 1 fully saturated rings. The number of nitrogens with zero attached hydrogens (tertiary/aromatic N) is 3. The Morgan fingerprint density at radius 3 is 2.60 bits per heavy atom. The van der Waals surface area contributed by atoms with Crippen LogP contribution in [0.2, 0.25) is 0 Å². The van der Waals surface area contributed by atoms with Crippen LogP contribution < -0.4 is 5.73 Å². The monoisotopic (exact) mass is 340 g/mol. The summed E-state index contributed by atoms with van der Waals surface area (Å²) in [5, 5.41) is 4.55. The number of nitrogens with two attached hydrogens (primary N) is 1. The lowest BCUT2D eigenvalue weighted by molar-refractivity contribution is 0.0999. The van der Waals surface area contributed by atoms with Crippen molar-refractivity contribution >= 4 is 5.91 Å². The van der Waals surface area contributed by atoms with E-state index >= 15 is 0 Å². The Labute approximate surface area is 149 Å². The summed E-state index contributed by atoms with van der Waals surface area (Å²) in [6.45, 7) is 7.18. The standard InChI is InChI=1S/C20H28N4O/c1-4-19-13(2)10-23-24(19)12-15-5-7-16(8-6-15)17-9-18(20(21)25)14(3)22-11-17/h9-11,15-16H,4-8,12H2,1-3H3,(H2,21,25)/t15-,16-. The normalized spacial score (nSPS) is 20.6. The van der Waals surface area contributed by atoms with Crippen LogP contribution in [0.4, 0.5) is 0 Å². The van der Waals surface area contributed by atoms with E-state index in [2.05, 4.69) is 28.6 Å². The molecule has 0 aromatic carbocycles. The zero-order valence-corrected chi connectivity index (χ0v) is 15.5. The molecule has 0 atom stereocenters. The zero-order chi connectivity index (χ0) is 18.0. The first kappa shape index (κ1) is 17.6. The van der Waals surface area contributed by atoms with Crippen LogP contribution in [0.5, 0.6) is 0 Å². The van der Waals surface area contributed by atoms with Gasteiger partial charge >= 0.3 is 0 Å². The molecule has 2 N–H and O–H groups in total. The van der Waals surface area contributed by atoms with Gasteiger partial charge in [-0.1, -0.05) is 6.92 Å². The molecule has 0 unspecified atom stereocenters. The first-order valence-electron chi connectivity index (χ1n) is 9.27. The third-order valence-corrected chi connectivity index (χ3v) is 5.62. The molecule has 0 radical (unpaired) electrons. The molecule has 1 amide bonds. The highest BCUT2D eigenvalue weighted by atomic mass is 16.1. The Balaban J connectivity index is 1.64. The molecule has 0 spiro atoms. The Morgan fingerprint density at radius 2 is 1.96 bits per heavy atom. The van der Waals surface area contributed by atoms with E-state index in [0.29, 0.717) is 23.1 Å². The molecule has 1 saturated carbocycles. The maximum absolute atomic E-state index is 11.5. The summed E-state index contributed by atoms with van der Waals surface area (Å²) in [4.78, 5) is 15.9. The zero-order valence-electron chi connectivity index (χ0n) is 15.5. The molecule has 5 heteroatoms.